The van der Waals surface area contributed by atoms with Gasteiger partial charge in [0.1, 0.15) is 34.9 Å². The number of nitriles is 2. The van der Waals surface area contributed by atoms with Crippen molar-refractivity contribution in [1.29, 1.82) is 10.5 Å². The number of carbonyl (C=O) groups is 1. The zero-order valence-corrected chi connectivity index (χ0v) is 16.6. The van der Waals surface area contributed by atoms with Crippen molar-refractivity contribution in [3.8, 4) is 12.3 Å². The lowest BCUT2D eigenvalue weighted by molar-refractivity contribution is 0.00680. The average molecular weight is 404 g/mol. The van der Waals surface area contributed by atoms with Crippen LogP contribution in [0.4, 0.5) is 17.3 Å². The second kappa shape index (κ2) is 7.60. The molecule has 1 aliphatic rings. The van der Waals surface area contributed by atoms with Gasteiger partial charge in [-0.1, -0.05) is 18.2 Å². The molecule has 152 valence electrons. The summed E-state index contributed by atoms with van der Waals surface area (Å²) in [5.41, 5.74) is 12.6. The van der Waals surface area contributed by atoms with Gasteiger partial charge >= 0.3 is 5.97 Å². The molecule has 30 heavy (non-hydrogen) atoms. The number of nitrogens with two attached hydrogens (primary N) is 2. The smallest absolute Gasteiger partial charge is 0.339 e. The lowest BCUT2D eigenvalue weighted by Gasteiger charge is -2.27. The number of aromatic nitrogens is 1. The molecule has 1 aromatic carbocycles. The summed E-state index contributed by atoms with van der Waals surface area (Å²) in [7, 11) is 0. The molecule has 0 bridgehead atoms. The van der Waals surface area contributed by atoms with Crippen LogP contribution in [0.2, 0.25) is 0 Å². The third-order valence-electron chi connectivity index (χ3n) is 4.23. The molecule has 10 heteroatoms. The van der Waals surface area contributed by atoms with Crippen LogP contribution in [0.25, 0.3) is 0 Å². The van der Waals surface area contributed by atoms with E-state index in [-0.39, 0.29) is 34.4 Å². The van der Waals surface area contributed by atoms with Crippen molar-refractivity contribution in [3.05, 3.63) is 46.5 Å². The van der Waals surface area contributed by atoms with E-state index in [1.54, 1.807) is 51.2 Å². The fourth-order valence-corrected chi connectivity index (χ4v) is 3.06. The summed E-state index contributed by atoms with van der Waals surface area (Å²) in [5.74, 6) is -0.255. The molecular weight excluding hydrogens is 384 g/mol. The van der Waals surface area contributed by atoms with Crippen molar-refractivity contribution >= 4 is 29.3 Å². The maximum atomic E-state index is 12.8. The van der Waals surface area contributed by atoms with Gasteiger partial charge in [-0.15, -0.1) is 0 Å². The number of esters is 1. The third kappa shape index (κ3) is 3.80. The molecule has 3 rings (SSSR count). The van der Waals surface area contributed by atoms with Crippen molar-refractivity contribution in [2.24, 2.45) is 4.99 Å². The van der Waals surface area contributed by atoms with Crippen molar-refractivity contribution in [2.45, 2.75) is 32.4 Å². The molecule has 2 aromatic rings. The number of nitrogens with one attached hydrogen (secondary N) is 2. The van der Waals surface area contributed by atoms with E-state index in [1.807, 2.05) is 6.07 Å². The number of nitrogens with zero attached hydrogens (tertiary/aromatic N) is 4. The van der Waals surface area contributed by atoms with E-state index in [0.29, 0.717) is 11.1 Å². The van der Waals surface area contributed by atoms with Crippen LogP contribution < -0.4 is 22.1 Å². The Bertz CT molecular complexity index is 1140. The Morgan fingerprint density at radius 3 is 2.60 bits per heavy atom. The van der Waals surface area contributed by atoms with Gasteiger partial charge in [0.15, 0.2) is 6.19 Å². The quantitative estimate of drug-likeness (QED) is 0.331. The highest BCUT2D eigenvalue weighted by atomic mass is 16.6. The minimum Gasteiger partial charge on any atom is -0.456 e. The number of ether oxygens (including phenoxy) is 1. The van der Waals surface area contributed by atoms with Crippen LogP contribution in [0, 0.1) is 22.8 Å². The maximum absolute atomic E-state index is 12.8. The van der Waals surface area contributed by atoms with Gasteiger partial charge in [-0.3, -0.25) is 5.32 Å². The first-order chi connectivity index (χ1) is 14.2. The molecular formula is C20H20N8O2. The second-order valence-electron chi connectivity index (χ2n) is 7.49. The summed E-state index contributed by atoms with van der Waals surface area (Å²) in [6.45, 7) is 5.30. The van der Waals surface area contributed by atoms with E-state index in [1.165, 1.54) is 0 Å². The number of benzene rings is 1. The SMILES string of the molecule is CC(C)(C)OC(=O)c1ccccc1C1N=C(NC#N)Nc2nc(N)c(C#N)c(N)c21. The Morgan fingerprint density at radius 2 is 1.97 bits per heavy atom. The number of carbonyl (C=O) groups excluding carboxylic acids is 1. The number of nitrogen functional groups attached to an aromatic ring is 2. The van der Waals surface area contributed by atoms with Crippen molar-refractivity contribution < 1.29 is 9.53 Å². The summed E-state index contributed by atoms with van der Waals surface area (Å²) in [4.78, 5) is 21.5. The highest BCUT2D eigenvalue weighted by Crippen LogP contribution is 2.41. The highest BCUT2D eigenvalue weighted by Gasteiger charge is 2.32. The highest BCUT2D eigenvalue weighted by molar-refractivity contribution is 5.99. The number of aliphatic imine (C=N–C) groups is 1. The Hall–Kier alpha value is -4.31. The fraction of sp³-hybridized carbons (Fsp3) is 0.250. The Morgan fingerprint density at radius 1 is 1.27 bits per heavy atom. The van der Waals surface area contributed by atoms with E-state index in [2.05, 4.69) is 20.6 Å². The molecule has 1 unspecified atom stereocenters. The Balaban J connectivity index is 2.23. The molecule has 0 spiro atoms. The van der Waals surface area contributed by atoms with Gasteiger partial charge in [0.25, 0.3) is 0 Å². The van der Waals surface area contributed by atoms with E-state index in [9.17, 15) is 10.1 Å². The maximum Gasteiger partial charge on any atom is 0.339 e. The molecule has 0 amide bonds. The van der Waals surface area contributed by atoms with Crippen LogP contribution in [-0.2, 0) is 4.74 Å². The average Bonchev–Trinajstić information content (AvgIpc) is 2.66. The standard InChI is InChI=1S/C20H20N8O2/c1-20(2,3)30-18(29)11-7-5-4-6-10(11)15-13-14(23)12(8-21)16(24)27-17(13)28-19(26-15)25-9-22/h4-7,15H,1-3H3,(H6,23,24,25,26,27,28). The number of fused-ring (bicyclic) bond motifs is 1. The first-order valence-electron chi connectivity index (χ1n) is 8.97. The summed E-state index contributed by atoms with van der Waals surface area (Å²) in [5, 5.41) is 23.7. The third-order valence-corrected chi connectivity index (χ3v) is 4.23. The zero-order valence-electron chi connectivity index (χ0n) is 16.6. The van der Waals surface area contributed by atoms with Gasteiger partial charge in [-0.05, 0) is 32.4 Å². The molecule has 1 aromatic heterocycles. The van der Waals surface area contributed by atoms with E-state index >= 15 is 0 Å². The zero-order chi connectivity index (χ0) is 22.1. The van der Waals surface area contributed by atoms with Crippen LogP contribution in [0.15, 0.2) is 29.3 Å². The summed E-state index contributed by atoms with van der Waals surface area (Å²) in [6.07, 6.45) is 1.78. The van der Waals surface area contributed by atoms with Crippen LogP contribution in [0.1, 0.15) is 53.9 Å². The monoisotopic (exact) mass is 404 g/mol. The first kappa shape index (κ1) is 20.4. The van der Waals surface area contributed by atoms with E-state index in [0.717, 1.165) is 0 Å². The number of anilines is 3. The number of rotatable bonds is 2. The Labute approximate surface area is 173 Å². The number of pyridine rings is 1. The van der Waals surface area contributed by atoms with Crippen LogP contribution >= 0.6 is 0 Å². The minimum absolute atomic E-state index is 0.0159. The van der Waals surface area contributed by atoms with Gasteiger partial charge in [0.05, 0.1) is 11.3 Å². The summed E-state index contributed by atoms with van der Waals surface area (Å²) < 4.78 is 5.52. The molecule has 0 aliphatic carbocycles. The lowest BCUT2D eigenvalue weighted by atomic mass is 9.92. The number of hydrogen-bond acceptors (Lipinski definition) is 10. The van der Waals surface area contributed by atoms with Crippen LogP contribution in [-0.4, -0.2) is 22.5 Å². The number of guanidine groups is 1. The van der Waals surface area contributed by atoms with Crippen molar-refractivity contribution in [2.75, 3.05) is 16.8 Å². The molecule has 1 aliphatic heterocycles. The van der Waals surface area contributed by atoms with Gasteiger partial charge in [0, 0.05) is 5.56 Å². The minimum atomic E-state index is -0.832. The largest absolute Gasteiger partial charge is 0.456 e. The molecule has 0 saturated carbocycles. The van der Waals surface area contributed by atoms with Gasteiger partial charge in [-0.2, -0.15) is 10.5 Å². The van der Waals surface area contributed by atoms with Crippen molar-refractivity contribution in [3.63, 3.8) is 0 Å². The Kier molecular flexibility index (Phi) is 5.18. The van der Waals surface area contributed by atoms with Gasteiger partial charge < -0.3 is 21.5 Å². The number of hydrogen-bond donors (Lipinski definition) is 4. The van der Waals surface area contributed by atoms with Crippen LogP contribution in [0.5, 0.6) is 0 Å². The normalized spacial score (nSPS) is 15.0. The van der Waals surface area contributed by atoms with Gasteiger partial charge in [-0.25, -0.2) is 14.8 Å². The summed E-state index contributed by atoms with van der Waals surface area (Å²) in [6, 6.07) is 7.87. The van der Waals surface area contributed by atoms with E-state index < -0.39 is 17.6 Å². The lowest BCUT2D eigenvalue weighted by Crippen LogP contribution is -2.33. The molecule has 0 radical (unpaired) electrons. The second-order valence-corrected chi connectivity index (χ2v) is 7.49. The predicted molar refractivity (Wildman–Crippen MR) is 111 cm³/mol. The predicted octanol–water partition coefficient (Wildman–Crippen LogP) is 2.01. The molecule has 0 saturated heterocycles. The molecule has 6 N–H and O–H groups in total. The molecule has 0 fully saturated rings. The first-order valence-corrected chi connectivity index (χ1v) is 8.97. The summed E-state index contributed by atoms with van der Waals surface area (Å²) >= 11 is 0. The van der Waals surface area contributed by atoms with E-state index in [4.69, 9.17) is 21.5 Å². The molecule has 2 heterocycles. The van der Waals surface area contributed by atoms with Crippen molar-refractivity contribution in [1.82, 2.24) is 10.3 Å². The van der Waals surface area contributed by atoms with Crippen LogP contribution in [0.3, 0.4) is 0 Å². The fourth-order valence-electron chi connectivity index (χ4n) is 3.06. The topological polar surface area (TPSA) is 175 Å². The molecule has 10 nitrogen and oxygen atoms in total. The van der Waals surface area contributed by atoms with Gasteiger partial charge in [0.2, 0.25) is 5.96 Å². The molecule has 1 atom stereocenters.